The van der Waals surface area contributed by atoms with Crippen molar-refractivity contribution < 1.29 is 19.4 Å². The number of hydrogen-bond donors (Lipinski definition) is 2. The number of carboxylic acid groups (broad SMARTS) is 1. The Balaban J connectivity index is 2.10. The number of aryl methyl sites for hydroxylation is 2. The Hall–Kier alpha value is -2.83. The van der Waals surface area contributed by atoms with Crippen LogP contribution in [0.1, 0.15) is 40.7 Å². The van der Waals surface area contributed by atoms with Gasteiger partial charge < -0.3 is 15.2 Å². The van der Waals surface area contributed by atoms with Gasteiger partial charge in [-0.2, -0.15) is 5.10 Å². The van der Waals surface area contributed by atoms with E-state index in [0.717, 1.165) is 24.2 Å². The molecule has 0 aliphatic rings. The molecule has 1 aromatic carbocycles. The molecule has 7 heteroatoms. The van der Waals surface area contributed by atoms with Crippen LogP contribution in [0.15, 0.2) is 24.3 Å². The fourth-order valence-corrected chi connectivity index (χ4v) is 3.14. The average Bonchev–Trinajstić information content (AvgIpc) is 2.92. The lowest BCUT2D eigenvalue weighted by molar-refractivity contribution is -0.141. The Bertz CT molecular complexity index is 814. The summed E-state index contributed by atoms with van der Waals surface area (Å²) < 4.78 is 7.10. The monoisotopic (exact) mass is 373 g/mol. The summed E-state index contributed by atoms with van der Waals surface area (Å²) >= 11 is 0. The topological polar surface area (TPSA) is 93.5 Å². The smallest absolute Gasteiger partial charge is 0.308 e. The fourth-order valence-electron chi connectivity index (χ4n) is 3.14. The number of methoxy groups -OCH3 is 1. The first kappa shape index (κ1) is 20.5. The highest BCUT2D eigenvalue weighted by atomic mass is 16.5. The molecular weight excluding hydrogens is 346 g/mol. The normalized spacial score (nSPS) is 11.9. The number of rotatable bonds is 9. The van der Waals surface area contributed by atoms with Crippen molar-refractivity contribution in [2.45, 2.75) is 40.2 Å². The first-order valence-electron chi connectivity index (χ1n) is 9.05. The second-order valence-electron chi connectivity index (χ2n) is 6.53. The van der Waals surface area contributed by atoms with E-state index in [4.69, 9.17) is 4.74 Å². The number of carboxylic acids is 1. The molecule has 0 fully saturated rings. The molecule has 2 rings (SSSR count). The van der Waals surface area contributed by atoms with Crippen LogP contribution in [0.2, 0.25) is 0 Å². The highest BCUT2D eigenvalue weighted by molar-refractivity contribution is 5.96. The van der Waals surface area contributed by atoms with Gasteiger partial charge in [0.2, 0.25) is 0 Å². The largest absolute Gasteiger partial charge is 0.496 e. The molecule has 1 unspecified atom stereocenters. The lowest BCUT2D eigenvalue weighted by Crippen LogP contribution is -2.34. The summed E-state index contributed by atoms with van der Waals surface area (Å²) in [6, 6.07) is 7.30. The number of carbonyl (C=O) groups is 2. The van der Waals surface area contributed by atoms with Gasteiger partial charge in [-0.25, -0.2) is 0 Å². The maximum absolute atomic E-state index is 12.6. The van der Waals surface area contributed by atoms with E-state index in [1.54, 1.807) is 20.1 Å². The molecule has 0 aliphatic heterocycles. The minimum Gasteiger partial charge on any atom is -0.496 e. The Morgan fingerprint density at radius 1 is 1.30 bits per heavy atom. The van der Waals surface area contributed by atoms with Crippen molar-refractivity contribution in [3.8, 4) is 5.75 Å². The number of nitrogens with zero attached hydrogens (tertiary/aromatic N) is 2. The van der Waals surface area contributed by atoms with Gasteiger partial charge in [0.1, 0.15) is 5.75 Å². The van der Waals surface area contributed by atoms with E-state index < -0.39 is 11.9 Å². The van der Waals surface area contributed by atoms with Crippen molar-refractivity contribution in [2.75, 3.05) is 13.7 Å². The van der Waals surface area contributed by atoms with Gasteiger partial charge in [-0.15, -0.1) is 0 Å². The zero-order valence-electron chi connectivity index (χ0n) is 16.3. The van der Waals surface area contributed by atoms with Crippen molar-refractivity contribution in [3.63, 3.8) is 0 Å². The van der Waals surface area contributed by atoms with Crippen LogP contribution in [0.3, 0.4) is 0 Å². The first-order chi connectivity index (χ1) is 12.9. The molecular formula is C20H27N3O4. The standard InChI is InChI=1S/C20H27N3O4/c1-5-10-23-14(3)18(13(2)22-23)19(24)21-12-16(20(25)26)11-15-8-6-7-9-17(15)27-4/h6-9,16H,5,10-12H2,1-4H3,(H,21,24)(H,25,26). The molecule has 0 saturated heterocycles. The van der Waals surface area contributed by atoms with Crippen LogP contribution in [0, 0.1) is 19.8 Å². The van der Waals surface area contributed by atoms with Crippen LogP contribution in [-0.2, 0) is 17.8 Å². The summed E-state index contributed by atoms with van der Waals surface area (Å²) in [5.74, 6) is -1.37. The van der Waals surface area contributed by atoms with Gasteiger partial charge in [-0.1, -0.05) is 25.1 Å². The number of para-hydroxylation sites is 1. The lowest BCUT2D eigenvalue weighted by atomic mass is 9.98. The molecule has 27 heavy (non-hydrogen) atoms. The number of amides is 1. The highest BCUT2D eigenvalue weighted by Crippen LogP contribution is 2.21. The molecule has 1 atom stereocenters. The summed E-state index contributed by atoms with van der Waals surface area (Å²) in [7, 11) is 1.55. The van der Waals surface area contributed by atoms with Crippen LogP contribution in [-0.4, -0.2) is 40.4 Å². The maximum atomic E-state index is 12.6. The van der Waals surface area contributed by atoms with Gasteiger partial charge >= 0.3 is 5.97 Å². The third-order valence-corrected chi connectivity index (χ3v) is 4.56. The van der Waals surface area contributed by atoms with Crippen molar-refractivity contribution in [2.24, 2.45) is 5.92 Å². The van der Waals surface area contributed by atoms with E-state index in [1.807, 2.05) is 36.7 Å². The molecule has 2 N–H and O–H groups in total. The Labute approximate surface area is 159 Å². The number of aromatic nitrogens is 2. The average molecular weight is 373 g/mol. The third-order valence-electron chi connectivity index (χ3n) is 4.56. The van der Waals surface area contributed by atoms with E-state index in [0.29, 0.717) is 17.0 Å². The molecule has 0 bridgehead atoms. The number of aliphatic carboxylic acids is 1. The minimum atomic E-state index is -0.962. The molecule has 1 heterocycles. The summed E-state index contributed by atoms with van der Waals surface area (Å²) in [5, 5.41) is 16.7. The zero-order valence-corrected chi connectivity index (χ0v) is 16.3. The second kappa shape index (κ2) is 9.21. The van der Waals surface area contributed by atoms with E-state index in [9.17, 15) is 14.7 Å². The number of ether oxygens (including phenoxy) is 1. The van der Waals surface area contributed by atoms with Gasteiger partial charge in [0, 0.05) is 18.8 Å². The first-order valence-corrected chi connectivity index (χ1v) is 9.05. The van der Waals surface area contributed by atoms with E-state index in [2.05, 4.69) is 10.4 Å². The van der Waals surface area contributed by atoms with E-state index in [1.165, 1.54) is 0 Å². The second-order valence-corrected chi connectivity index (χ2v) is 6.53. The molecule has 1 amide bonds. The van der Waals surface area contributed by atoms with Crippen molar-refractivity contribution in [3.05, 3.63) is 46.8 Å². The van der Waals surface area contributed by atoms with Crippen molar-refractivity contribution >= 4 is 11.9 Å². The van der Waals surface area contributed by atoms with Crippen molar-refractivity contribution in [1.82, 2.24) is 15.1 Å². The molecule has 0 spiro atoms. The molecule has 146 valence electrons. The van der Waals surface area contributed by atoms with Crippen molar-refractivity contribution in [1.29, 1.82) is 0 Å². The van der Waals surface area contributed by atoms with Crippen LogP contribution in [0.5, 0.6) is 5.75 Å². The van der Waals surface area contributed by atoms with Gasteiger partial charge in [0.05, 0.1) is 24.3 Å². The number of benzene rings is 1. The van der Waals surface area contributed by atoms with Gasteiger partial charge in [-0.3, -0.25) is 14.3 Å². The summed E-state index contributed by atoms with van der Waals surface area (Å²) in [4.78, 5) is 24.3. The Kier molecular flexibility index (Phi) is 6.98. The highest BCUT2D eigenvalue weighted by Gasteiger charge is 2.23. The summed E-state index contributed by atoms with van der Waals surface area (Å²) in [5.41, 5.74) is 2.76. The number of nitrogens with one attached hydrogen (secondary N) is 1. The maximum Gasteiger partial charge on any atom is 0.308 e. The van der Waals surface area contributed by atoms with E-state index >= 15 is 0 Å². The minimum absolute atomic E-state index is 0.0318. The molecule has 0 radical (unpaired) electrons. The van der Waals surface area contributed by atoms with E-state index in [-0.39, 0.29) is 18.9 Å². The quantitative estimate of drug-likeness (QED) is 0.705. The Morgan fingerprint density at radius 3 is 2.63 bits per heavy atom. The molecule has 0 aliphatic carbocycles. The van der Waals surface area contributed by atoms with Gasteiger partial charge in [0.15, 0.2) is 0 Å². The predicted molar refractivity (Wildman–Crippen MR) is 102 cm³/mol. The summed E-state index contributed by atoms with van der Waals surface area (Å²) in [6.07, 6.45) is 1.19. The molecule has 7 nitrogen and oxygen atoms in total. The number of carbonyl (C=O) groups excluding carboxylic acids is 1. The van der Waals surface area contributed by atoms with Crippen LogP contribution in [0.25, 0.3) is 0 Å². The zero-order chi connectivity index (χ0) is 20.0. The van der Waals surface area contributed by atoms with Gasteiger partial charge in [0.25, 0.3) is 5.91 Å². The van der Waals surface area contributed by atoms with Crippen LogP contribution >= 0.6 is 0 Å². The van der Waals surface area contributed by atoms with Crippen LogP contribution in [0.4, 0.5) is 0 Å². The Morgan fingerprint density at radius 2 is 2.00 bits per heavy atom. The van der Waals surface area contributed by atoms with Crippen LogP contribution < -0.4 is 10.1 Å². The third kappa shape index (κ3) is 4.87. The van der Waals surface area contributed by atoms with Gasteiger partial charge in [-0.05, 0) is 38.3 Å². The molecule has 1 aromatic heterocycles. The predicted octanol–water partition coefficient (Wildman–Crippen LogP) is 2.59. The number of hydrogen-bond acceptors (Lipinski definition) is 4. The summed E-state index contributed by atoms with van der Waals surface area (Å²) in [6.45, 7) is 6.47. The molecule has 0 saturated carbocycles. The lowest BCUT2D eigenvalue weighted by Gasteiger charge is -2.15. The fraction of sp³-hybridized carbons (Fsp3) is 0.450. The SMILES string of the molecule is CCCn1nc(C)c(C(=O)NCC(Cc2ccccc2OC)C(=O)O)c1C. The molecule has 2 aromatic rings.